The Morgan fingerprint density at radius 3 is 1.74 bits per heavy atom. The predicted molar refractivity (Wildman–Crippen MR) is 62.2 cm³/mol. The second kappa shape index (κ2) is 5.93. The van der Waals surface area contributed by atoms with Gasteiger partial charge in [-0.1, -0.05) is 18.1 Å². The second-order valence-corrected chi connectivity index (χ2v) is 3.72. The van der Waals surface area contributed by atoms with Crippen LogP contribution in [0.1, 0.15) is 5.56 Å². The van der Waals surface area contributed by atoms with E-state index in [-0.39, 0.29) is 30.8 Å². The van der Waals surface area contributed by atoms with Gasteiger partial charge in [0.2, 0.25) is 5.82 Å². The predicted octanol–water partition coefficient (Wildman–Crippen LogP) is 3.19. The van der Waals surface area contributed by atoms with Crippen LogP contribution in [0.3, 0.4) is 0 Å². The fourth-order valence-corrected chi connectivity index (χ4v) is 1.64. The van der Waals surface area contributed by atoms with Gasteiger partial charge in [-0.25, -0.2) is 22.0 Å². The van der Waals surface area contributed by atoms with Crippen molar-refractivity contribution in [2.75, 3.05) is 0 Å². The Hall–Kier alpha value is -1.06. The molecule has 0 aromatic heterocycles. The molecule has 0 bridgehead atoms. The Labute approximate surface area is 117 Å². The molecule has 0 unspecified atom stereocenters. The maximum absolute atomic E-state index is 13.4. The van der Waals surface area contributed by atoms with E-state index in [1.807, 2.05) is 0 Å². The molecule has 0 saturated heterocycles. The summed E-state index contributed by atoms with van der Waals surface area (Å²) >= 11 is 0. The minimum absolute atomic E-state index is 0. The monoisotopic (exact) mass is 270 g/mol. The van der Waals surface area contributed by atoms with E-state index in [9.17, 15) is 26.3 Å². The molecule has 1 aromatic carbocycles. The van der Waals surface area contributed by atoms with Crippen LogP contribution in [0.4, 0.5) is 26.3 Å². The number of hydrogen-bond acceptors (Lipinski definition) is 0. The van der Waals surface area contributed by atoms with Crippen molar-refractivity contribution in [2.45, 2.75) is 6.32 Å². The molecule has 0 atom stereocenters. The normalized spacial score (nSPS) is 14.2. The summed E-state index contributed by atoms with van der Waals surface area (Å²) in [6, 6.07) is 0. The first-order valence-corrected chi connectivity index (χ1v) is 4.97. The van der Waals surface area contributed by atoms with Crippen molar-refractivity contribution >= 4 is 31.4 Å². The van der Waals surface area contributed by atoms with Crippen molar-refractivity contribution in [3.8, 4) is 0 Å². The summed E-state index contributed by atoms with van der Waals surface area (Å²) < 4.78 is 78.3. The molecule has 19 heavy (non-hydrogen) atoms. The zero-order valence-corrected chi connectivity index (χ0v) is 8.78. The standard InChI is InChI=1S/C11H5BF6.Li.H/c13-7-6(5-1-3-12(18)4-2-5)8(14)10(16)11(17)9(7)15;;/h1-3H,4H2;;. The van der Waals surface area contributed by atoms with E-state index in [1.54, 1.807) is 0 Å². The van der Waals surface area contributed by atoms with Gasteiger partial charge in [-0.3, -0.25) is 0 Å². The van der Waals surface area contributed by atoms with Crippen molar-refractivity contribution in [3.63, 3.8) is 0 Å². The Morgan fingerprint density at radius 1 is 0.842 bits per heavy atom. The third-order valence-electron chi connectivity index (χ3n) is 2.55. The topological polar surface area (TPSA) is 0 Å². The summed E-state index contributed by atoms with van der Waals surface area (Å²) in [5, 5.41) is 0. The van der Waals surface area contributed by atoms with Crippen molar-refractivity contribution in [2.24, 2.45) is 0 Å². The second-order valence-electron chi connectivity index (χ2n) is 3.72. The van der Waals surface area contributed by atoms with Gasteiger partial charge in [0.15, 0.2) is 23.3 Å². The van der Waals surface area contributed by atoms with Gasteiger partial charge in [0.25, 0.3) is 0 Å². The van der Waals surface area contributed by atoms with Gasteiger partial charge in [-0.05, 0) is 11.9 Å². The molecule has 1 heterocycles. The molecule has 96 valence electrons. The maximum atomic E-state index is 13.4. The molecule has 2 rings (SSSR count). The van der Waals surface area contributed by atoms with E-state index >= 15 is 0 Å². The molecular weight excluding hydrogens is 264 g/mol. The molecule has 0 amide bonds. The van der Waals surface area contributed by atoms with Crippen LogP contribution in [0, 0.1) is 29.1 Å². The number of halogens is 6. The SMILES string of the molecule is FB1C=CC(c2c(F)c(F)c(F)c(F)c2F)=CC1.[LiH]. The van der Waals surface area contributed by atoms with Gasteiger partial charge in [0.05, 0.1) is 5.56 Å². The average Bonchev–Trinajstić information content (AvgIpc) is 2.36. The molecule has 1 aliphatic heterocycles. The van der Waals surface area contributed by atoms with E-state index in [4.69, 9.17) is 0 Å². The van der Waals surface area contributed by atoms with Gasteiger partial charge >= 0.3 is 25.9 Å². The number of hydrogen-bond donors (Lipinski definition) is 0. The first kappa shape index (κ1) is 16.0. The molecule has 0 fully saturated rings. The first-order valence-electron chi connectivity index (χ1n) is 4.97. The van der Waals surface area contributed by atoms with Crippen molar-refractivity contribution in [1.82, 2.24) is 0 Å². The van der Waals surface area contributed by atoms with Crippen LogP contribution < -0.4 is 0 Å². The summed E-state index contributed by atoms with van der Waals surface area (Å²) in [4.78, 5) is 0. The van der Waals surface area contributed by atoms with Gasteiger partial charge in [-0.2, -0.15) is 0 Å². The van der Waals surface area contributed by atoms with Gasteiger partial charge < -0.3 is 4.32 Å². The van der Waals surface area contributed by atoms with Crippen LogP contribution in [0.5, 0.6) is 0 Å². The summed E-state index contributed by atoms with van der Waals surface area (Å²) in [7, 11) is 0. The number of rotatable bonds is 1. The van der Waals surface area contributed by atoms with E-state index in [0.29, 0.717) is 0 Å². The molecule has 8 heteroatoms. The third kappa shape index (κ3) is 2.77. The van der Waals surface area contributed by atoms with Crippen LogP contribution in [-0.4, -0.2) is 25.9 Å². The van der Waals surface area contributed by atoms with E-state index in [2.05, 4.69) is 0 Å². The number of allylic oxidation sites excluding steroid dienone is 3. The Morgan fingerprint density at radius 2 is 1.32 bits per heavy atom. The molecule has 0 aliphatic carbocycles. The Balaban J connectivity index is 0.00000180. The minimum atomic E-state index is -2.21. The van der Waals surface area contributed by atoms with Gasteiger partial charge in [-0.15, -0.1) is 0 Å². The third-order valence-corrected chi connectivity index (χ3v) is 2.55. The van der Waals surface area contributed by atoms with E-state index in [0.717, 1.165) is 18.1 Å². The molecule has 1 aliphatic rings. The van der Waals surface area contributed by atoms with Crippen molar-refractivity contribution < 1.29 is 26.3 Å². The average molecular weight is 270 g/mol. The summed E-state index contributed by atoms with van der Waals surface area (Å²) in [5.41, 5.74) is -1.26. The van der Waals surface area contributed by atoms with Crippen LogP contribution >= 0.6 is 0 Å². The first-order chi connectivity index (χ1) is 8.43. The molecule has 0 radical (unpaired) electrons. The quantitative estimate of drug-likeness (QED) is 0.318. The number of benzene rings is 1. The molecule has 0 nitrogen and oxygen atoms in total. The Kier molecular flexibility index (Phi) is 4.99. The van der Waals surface area contributed by atoms with E-state index < -0.39 is 41.6 Å². The van der Waals surface area contributed by atoms with Crippen molar-refractivity contribution in [1.29, 1.82) is 0 Å². The zero-order valence-electron chi connectivity index (χ0n) is 8.78. The van der Waals surface area contributed by atoms with Crippen LogP contribution in [-0.2, 0) is 0 Å². The molecular formula is C11H6BF6Li. The zero-order chi connectivity index (χ0) is 13.4. The van der Waals surface area contributed by atoms with E-state index in [1.165, 1.54) is 0 Å². The molecule has 1 aromatic rings. The van der Waals surface area contributed by atoms with Crippen LogP contribution in [0.25, 0.3) is 5.57 Å². The molecule has 0 spiro atoms. The molecule has 0 saturated carbocycles. The Bertz CT molecular complexity index is 540. The summed E-state index contributed by atoms with van der Waals surface area (Å²) in [6.07, 6.45) is 1.90. The van der Waals surface area contributed by atoms with Gasteiger partial charge in [0.1, 0.15) is 0 Å². The van der Waals surface area contributed by atoms with Gasteiger partial charge in [0, 0.05) is 0 Å². The fourth-order valence-electron chi connectivity index (χ4n) is 1.64. The summed E-state index contributed by atoms with van der Waals surface area (Å²) in [6.45, 7) is -1.32. The summed E-state index contributed by atoms with van der Waals surface area (Å²) in [5.74, 6) is -9.08. The van der Waals surface area contributed by atoms with Crippen LogP contribution in [0.15, 0.2) is 18.1 Å². The van der Waals surface area contributed by atoms with Crippen molar-refractivity contribution in [3.05, 3.63) is 52.8 Å². The molecule has 0 N–H and O–H groups in total. The fraction of sp³-hybridized carbons (Fsp3) is 0.0909. The van der Waals surface area contributed by atoms with Crippen LogP contribution in [0.2, 0.25) is 6.32 Å².